The molecule has 2 aliphatic heterocycles. The molecule has 8 heteroatoms. The van der Waals surface area contributed by atoms with Crippen LogP contribution in [-0.4, -0.2) is 30.9 Å². The zero-order valence-corrected chi connectivity index (χ0v) is 19.7. The van der Waals surface area contributed by atoms with Gasteiger partial charge in [0.05, 0.1) is 24.3 Å². The van der Waals surface area contributed by atoms with E-state index >= 15 is 8.78 Å². The molecular formula is C27H21ClF2O5. The summed E-state index contributed by atoms with van der Waals surface area (Å²) in [6, 6.07) is 11.7. The summed E-state index contributed by atoms with van der Waals surface area (Å²) in [7, 11) is 1.20. The number of ether oxygens (including phenoxy) is 3. The maximum absolute atomic E-state index is 16.1. The van der Waals surface area contributed by atoms with E-state index in [4.69, 9.17) is 25.8 Å². The highest BCUT2D eigenvalue weighted by atomic mass is 35.5. The number of carbonyl (C=O) groups is 1. The predicted molar refractivity (Wildman–Crippen MR) is 124 cm³/mol. The minimum Gasteiger partial charge on any atom is -0.486 e. The van der Waals surface area contributed by atoms with Crippen molar-refractivity contribution >= 4 is 17.6 Å². The van der Waals surface area contributed by atoms with E-state index in [1.807, 2.05) is 6.07 Å². The molecule has 2 heterocycles. The van der Waals surface area contributed by atoms with E-state index in [-0.39, 0.29) is 45.2 Å². The minimum absolute atomic E-state index is 0.00898. The molecule has 180 valence electrons. The van der Waals surface area contributed by atoms with Gasteiger partial charge in [-0.2, -0.15) is 0 Å². The van der Waals surface area contributed by atoms with E-state index in [2.05, 4.69) is 0 Å². The Labute approximate surface area is 205 Å². The van der Waals surface area contributed by atoms with E-state index in [0.717, 1.165) is 12.5 Å². The van der Waals surface area contributed by atoms with Crippen LogP contribution in [0.25, 0.3) is 11.1 Å². The van der Waals surface area contributed by atoms with Crippen molar-refractivity contribution in [2.24, 2.45) is 0 Å². The van der Waals surface area contributed by atoms with Crippen LogP contribution >= 0.6 is 11.6 Å². The van der Waals surface area contributed by atoms with Gasteiger partial charge in [-0.15, -0.1) is 0 Å². The number of halogens is 3. The molecule has 1 fully saturated rings. The van der Waals surface area contributed by atoms with Crippen LogP contribution in [-0.2, 0) is 10.3 Å². The maximum atomic E-state index is 16.1. The summed E-state index contributed by atoms with van der Waals surface area (Å²) in [5, 5.41) is 10.1. The molecule has 1 saturated carbocycles. The number of hydrogen-bond acceptors (Lipinski definition) is 5. The van der Waals surface area contributed by atoms with Gasteiger partial charge in [0.25, 0.3) is 0 Å². The highest BCUT2D eigenvalue weighted by Crippen LogP contribution is 2.59. The lowest BCUT2D eigenvalue weighted by atomic mass is 9.78. The van der Waals surface area contributed by atoms with Gasteiger partial charge in [-0.25, -0.2) is 13.6 Å². The van der Waals surface area contributed by atoms with Crippen molar-refractivity contribution < 1.29 is 32.9 Å². The Kier molecular flexibility index (Phi) is 4.89. The van der Waals surface area contributed by atoms with Gasteiger partial charge >= 0.3 is 5.97 Å². The number of hydrogen-bond donors (Lipinski definition) is 1. The van der Waals surface area contributed by atoms with Gasteiger partial charge in [-0.3, -0.25) is 0 Å². The monoisotopic (exact) mass is 498 g/mol. The molecule has 0 saturated heterocycles. The third-order valence-corrected chi connectivity index (χ3v) is 7.82. The first-order chi connectivity index (χ1) is 16.8. The Morgan fingerprint density at radius 1 is 1.23 bits per heavy atom. The second-order valence-electron chi connectivity index (χ2n) is 9.22. The fourth-order valence-corrected chi connectivity index (χ4v) is 5.78. The van der Waals surface area contributed by atoms with Crippen LogP contribution in [0.4, 0.5) is 8.78 Å². The molecule has 3 aliphatic rings. The van der Waals surface area contributed by atoms with E-state index in [1.165, 1.54) is 7.11 Å². The van der Waals surface area contributed by atoms with Gasteiger partial charge < -0.3 is 19.3 Å². The SMILES string of the molecule is COC(=O)c1cc2c(c(F)c1-c1c(Cl)c(F)cc3c1[C@H](C)[C@@](CO)(c1ccccc1)O3)OC1CC21. The molecule has 5 nitrogen and oxygen atoms in total. The summed E-state index contributed by atoms with van der Waals surface area (Å²) in [6.07, 6.45) is 0.625. The molecule has 3 aromatic carbocycles. The van der Waals surface area contributed by atoms with Crippen molar-refractivity contribution in [1.82, 2.24) is 0 Å². The standard InChI is InChI=1S/C27H21ClF2O5/c1-12-20-19(35-27(12,11-31)13-6-4-3-5-7-13)10-17(29)23(28)22(20)21-16(26(32)33-2)8-15-14-9-18(14)34-25(15)24(21)30/h3-8,10,12,14,18,31H,9,11H2,1-2H3/t12-,14?,18?,27-/m0/s1. The zero-order chi connectivity index (χ0) is 24.6. The third-order valence-electron chi connectivity index (χ3n) is 7.45. The number of rotatable bonds is 4. The first-order valence-electron chi connectivity index (χ1n) is 11.3. The van der Waals surface area contributed by atoms with E-state index < -0.39 is 35.7 Å². The number of benzene rings is 3. The van der Waals surface area contributed by atoms with Crippen LogP contribution in [0.5, 0.6) is 11.5 Å². The molecule has 2 unspecified atom stereocenters. The first-order valence-corrected chi connectivity index (χ1v) is 11.7. The molecule has 35 heavy (non-hydrogen) atoms. The summed E-state index contributed by atoms with van der Waals surface area (Å²) < 4.78 is 48.2. The van der Waals surface area contributed by atoms with E-state index in [9.17, 15) is 9.90 Å². The molecule has 6 rings (SSSR count). The zero-order valence-electron chi connectivity index (χ0n) is 18.9. The molecule has 0 radical (unpaired) electrons. The minimum atomic E-state index is -1.26. The Bertz CT molecular complexity index is 1390. The van der Waals surface area contributed by atoms with E-state index in [1.54, 1.807) is 37.3 Å². The fourth-order valence-electron chi connectivity index (χ4n) is 5.53. The molecular weight excluding hydrogens is 478 g/mol. The summed E-state index contributed by atoms with van der Waals surface area (Å²) in [6.45, 7) is 1.37. The lowest BCUT2D eigenvalue weighted by molar-refractivity contribution is 0.00737. The second-order valence-corrected chi connectivity index (χ2v) is 9.60. The number of fused-ring (bicyclic) bond motifs is 4. The van der Waals surface area contributed by atoms with Crippen LogP contribution in [0, 0.1) is 11.6 Å². The largest absolute Gasteiger partial charge is 0.486 e. The van der Waals surface area contributed by atoms with Crippen LogP contribution in [0.15, 0.2) is 42.5 Å². The molecule has 3 aromatic rings. The highest BCUT2D eigenvalue weighted by Gasteiger charge is 2.52. The van der Waals surface area contributed by atoms with Crippen molar-refractivity contribution in [1.29, 1.82) is 0 Å². The summed E-state index contributed by atoms with van der Waals surface area (Å²) >= 11 is 6.49. The predicted octanol–water partition coefficient (Wildman–Crippen LogP) is 5.70. The normalized spacial score (nSPS) is 25.3. The smallest absolute Gasteiger partial charge is 0.338 e. The number of aliphatic hydroxyl groups is 1. The Morgan fingerprint density at radius 3 is 2.66 bits per heavy atom. The number of carbonyl (C=O) groups excluding carboxylic acids is 1. The number of esters is 1. The maximum Gasteiger partial charge on any atom is 0.338 e. The van der Waals surface area contributed by atoms with Gasteiger partial charge in [-0.05, 0) is 18.1 Å². The van der Waals surface area contributed by atoms with Crippen LogP contribution in [0.3, 0.4) is 0 Å². The second kappa shape index (κ2) is 7.67. The molecule has 4 atom stereocenters. The Hall–Kier alpha value is -3.16. The quantitative estimate of drug-likeness (QED) is 0.467. The van der Waals surface area contributed by atoms with Gasteiger partial charge in [0.2, 0.25) is 0 Å². The first kappa shape index (κ1) is 22.3. The summed E-state index contributed by atoms with van der Waals surface area (Å²) in [5.41, 5.74) is 0.121. The molecule has 1 N–H and O–H groups in total. The van der Waals surface area contributed by atoms with E-state index in [0.29, 0.717) is 16.7 Å². The Morgan fingerprint density at radius 2 is 1.97 bits per heavy atom. The summed E-state index contributed by atoms with van der Waals surface area (Å²) in [5.74, 6) is -2.80. The van der Waals surface area contributed by atoms with Crippen molar-refractivity contribution in [3.05, 3.63) is 81.4 Å². The van der Waals surface area contributed by atoms with Gasteiger partial charge in [0.15, 0.2) is 17.2 Å². The van der Waals surface area contributed by atoms with Crippen molar-refractivity contribution in [3.8, 4) is 22.6 Å². The highest BCUT2D eigenvalue weighted by molar-refractivity contribution is 6.34. The van der Waals surface area contributed by atoms with Crippen molar-refractivity contribution in [2.75, 3.05) is 13.7 Å². The molecule has 1 aliphatic carbocycles. The number of aliphatic hydroxyl groups excluding tert-OH is 1. The molecule has 0 amide bonds. The van der Waals surface area contributed by atoms with Gasteiger partial charge in [0.1, 0.15) is 17.7 Å². The van der Waals surface area contributed by atoms with Crippen LogP contribution < -0.4 is 9.47 Å². The summed E-state index contributed by atoms with van der Waals surface area (Å²) in [4.78, 5) is 12.8. The lowest BCUT2D eigenvalue weighted by Crippen LogP contribution is -2.38. The molecule has 0 aromatic heterocycles. The van der Waals surface area contributed by atoms with Crippen LogP contribution in [0.2, 0.25) is 5.02 Å². The van der Waals surface area contributed by atoms with Gasteiger partial charge in [0, 0.05) is 40.2 Å². The number of methoxy groups -OCH3 is 1. The molecule has 0 bridgehead atoms. The average molecular weight is 499 g/mol. The molecule has 0 spiro atoms. The van der Waals surface area contributed by atoms with Crippen LogP contribution in [0.1, 0.15) is 52.2 Å². The van der Waals surface area contributed by atoms with Gasteiger partial charge in [-0.1, -0.05) is 48.9 Å². The lowest BCUT2D eigenvalue weighted by Gasteiger charge is -2.32. The third kappa shape index (κ3) is 2.98. The topological polar surface area (TPSA) is 65.0 Å². The fraction of sp³-hybridized carbons (Fsp3) is 0.296. The van der Waals surface area contributed by atoms with Crippen molar-refractivity contribution in [2.45, 2.75) is 36.9 Å². The van der Waals surface area contributed by atoms with Crippen molar-refractivity contribution in [3.63, 3.8) is 0 Å². The average Bonchev–Trinajstić information content (AvgIpc) is 3.46. The Balaban J connectivity index is 1.64.